The molecule has 4 N–H and O–H groups in total. The van der Waals surface area contributed by atoms with Gasteiger partial charge in [-0.15, -0.1) is 0 Å². The molecule has 0 radical (unpaired) electrons. The molecular weight excluding hydrogens is 441 g/mol. The van der Waals surface area contributed by atoms with Crippen LogP contribution in [0.15, 0.2) is 36.4 Å². The van der Waals surface area contributed by atoms with Gasteiger partial charge in [0.05, 0.1) is 10.5 Å². The van der Waals surface area contributed by atoms with Crippen molar-refractivity contribution in [2.75, 3.05) is 4.90 Å². The lowest BCUT2D eigenvalue weighted by atomic mass is 10.1. The van der Waals surface area contributed by atoms with Crippen molar-refractivity contribution in [1.82, 2.24) is 15.1 Å². The van der Waals surface area contributed by atoms with Gasteiger partial charge in [-0.05, 0) is 38.1 Å². The maximum atomic E-state index is 14.0. The summed E-state index contributed by atoms with van der Waals surface area (Å²) < 4.78 is 15.3. The molecule has 11 heteroatoms. The van der Waals surface area contributed by atoms with Crippen molar-refractivity contribution in [3.05, 3.63) is 58.5 Å². The van der Waals surface area contributed by atoms with E-state index in [-0.39, 0.29) is 35.4 Å². The fourth-order valence-electron chi connectivity index (χ4n) is 3.32. The summed E-state index contributed by atoms with van der Waals surface area (Å²) in [6, 6.07) is 8.73. The quantitative estimate of drug-likeness (QED) is 0.497. The number of benzene rings is 2. The molecule has 0 atom stereocenters. The van der Waals surface area contributed by atoms with Gasteiger partial charge < -0.3 is 16.2 Å². The molecule has 1 heterocycles. The zero-order valence-electron chi connectivity index (χ0n) is 17.3. The number of primary amides is 1. The van der Waals surface area contributed by atoms with Gasteiger partial charge in [0.15, 0.2) is 5.69 Å². The number of carboxylic acid groups (broad SMARTS) is 1. The number of hydrogen-bond donors (Lipinski definition) is 3. The molecule has 0 unspecified atom stereocenters. The number of amides is 3. The summed E-state index contributed by atoms with van der Waals surface area (Å²) in [4.78, 5) is 37.1. The number of nitrogens with zero attached hydrogens (tertiary/aromatic N) is 3. The van der Waals surface area contributed by atoms with Crippen LogP contribution in [0.5, 0.6) is 0 Å². The van der Waals surface area contributed by atoms with Crippen molar-refractivity contribution in [3.8, 4) is 0 Å². The normalized spacial score (nSPS) is 11.0. The van der Waals surface area contributed by atoms with E-state index in [9.17, 15) is 23.9 Å². The lowest BCUT2D eigenvalue weighted by Gasteiger charge is -2.23. The minimum atomic E-state index is -1.15. The Morgan fingerprint density at radius 1 is 1.28 bits per heavy atom. The van der Waals surface area contributed by atoms with Crippen LogP contribution in [0.3, 0.4) is 0 Å². The highest BCUT2D eigenvalue weighted by atomic mass is 35.5. The molecule has 0 bridgehead atoms. The van der Waals surface area contributed by atoms with Gasteiger partial charge in [0.1, 0.15) is 12.4 Å². The highest BCUT2D eigenvalue weighted by Crippen LogP contribution is 2.26. The zero-order chi connectivity index (χ0) is 23.6. The number of hydrogen-bond acceptors (Lipinski definition) is 4. The Hall–Kier alpha value is -3.66. The van der Waals surface area contributed by atoms with Gasteiger partial charge in [0, 0.05) is 29.2 Å². The van der Waals surface area contributed by atoms with Gasteiger partial charge >= 0.3 is 6.09 Å². The third-order valence-corrected chi connectivity index (χ3v) is 5.06. The first-order valence-corrected chi connectivity index (χ1v) is 10.00. The van der Waals surface area contributed by atoms with Gasteiger partial charge in [-0.3, -0.25) is 19.2 Å². The molecule has 32 heavy (non-hydrogen) atoms. The fourth-order valence-corrected chi connectivity index (χ4v) is 3.51. The summed E-state index contributed by atoms with van der Waals surface area (Å²) in [6.07, 6.45) is -1.15. The first kappa shape index (κ1) is 23.0. The third-order valence-electron chi connectivity index (χ3n) is 4.77. The van der Waals surface area contributed by atoms with E-state index in [1.165, 1.54) is 22.9 Å². The number of anilines is 1. The molecular formula is C21H21ClFN5O4. The number of rotatable bonds is 7. The molecule has 0 aliphatic carbocycles. The van der Waals surface area contributed by atoms with E-state index >= 15 is 0 Å². The first-order chi connectivity index (χ1) is 15.1. The summed E-state index contributed by atoms with van der Waals surface area (Å²) in [7, 11) is 0. The van der Waals surface area contributed by atoms with Crippen LogP contribution in [0.1, 0.15) is 29.9 Å². The molecule has 3 amide bonds. The van der Waals surface area contributed by atoms with Crippen molar-refractivity contribution in [3.63, 3.8) is 0 Å². The molecule has 0 aliphatic heterocycles. The summed E-state index contributed by atoms with van der Waals surface area (Å²) in [5, 5.41) is 16.5. The van der Waals surface area contributed by atoms with E-state index < -0.39 is 23.7 Å². The van der Waals surface area contributed by atoms with Gasteiger partial charge in [0.2, 0.25) is 5.91 Å². The van der Waals surface area contributed by atoms with E-state index in [0.29, 0.717) is 16.6 Å². The van der Waals surface area contributed by atoms with E-state index in [1.54, 1.807) is 32.0 Å². The Labute approximate surface area is 187 Å². The minimum absolute atomic E-state index is 0.0477. The van der Waals surface area contributed by atoms with Crippen molar-refractivity contribution < 1.29 is 23.9 Å². The van der Waals surface area contributed by atoms with Crippen LogP contribution < -0.4 is 16.0 Å². The van der Waals surface area contributed by atoms with Crippen LogP contribution in [0.2, 0.25) is 5.02 Å². The number of nitrogens with two attached hydrogens (primary N) is 1. The number of fused-ring (bicyclic) bond motifs is 1. The van der Waals surface area contributed by atoms with Crippen LogP contribution in [0.25, 0.3) is 10.9 Å². The van der Waals surface area contributed by atoms with Crippen molar-refractivity contribution >= 4 is 46.1 Å². The molecule has 9 nitrogen and oxygen atoms in total. The average Bonchev–Trinajstić information content (AvgIpc) is 3.06. The van der Waals surface area contributed by atoms with E-state index in [0.717, 1.165) is 4.90 Å². The third kappa shape index (κ3) is 4.65. The van der Waals surface area contributed by atoms with E-state index in [1.807, 2.05) is 0 Å². The minimum Gasteiger partial charge on any atom is -0.465 e. The second kappa shape index (κ2) is 9.23. The Morgan fingerprint density at radius 2 is 2.00 bits per heavy atom. The van der Waals surface area contributed by atoms with Crippen molar-refractivity contribution in [2.45, 2.75) is 33.0 Å². The van der Waals surface area contributed by atoms with E-state index in [2.05, 4.69) is 10.4 Å². The predicted octanol–water partition coefficient (Wildman–Crippen LogP) is 3.14. The summed E-state index contributed by atoms with van der Waals surface area (Å²) >= 11 is 5.74. The van der Waals surface area contributed by atoms with E-state index in [4.69, 9.17) is 17.3 Å². The molecule has 0 saturated heterocycles. The largest absolute Gasteiger partial charge is 0.465 e. The first-order valence-electron chi connectivity index (χ1n) is 9.62. The lowest BCUT2D eigenvalue weighted by Crippen LogP contribution is -2.35. The van der Waals surface area contributed by atoms with Gasteiger partial charge in [-0.1, -0.05) is 23.7 Å². The average molecular weight is 462 g/mol. The Bertz CT molecular complexity index is 1210. The Kier molecular flexibility index (Phi) is 6.64. The second-order valence-electron chi connectivity index (χ2n) is 7.31. The number of carbonyl (C=O) groups excluding carboxylic acids is 2. The smallest absolute Gasteiger partial charge is 0.412 e. The van der Waals surface area contributed by atoms with Crippen molar-refractivity contribution in [1.29, 1.82) is 0 Å². The maximum Gasteiger partial charge on any atom is 0.412 e. The SMILES string of the molecule is CC(C)N(C(=O)O)c1ccc2c(c1)c(C(N)=O)nn2CC(=O)NCc1cccc(Cl)c1F. The monoisotopic (exact) mass is 461 g/mol. The summed E-state index contributed by atoms with van der Waals surface area (Å²) in [5.41, 5.74) is 6.32. The highest BCUT2D eigenvalue weighted by molar-refractivity contribution is 6.30. The van der Waals surface area contributed by atoms with Gasteiger partial charge in [-0.25, -0.2) is 9.18 Å². The maximum absolute atomic E-state index is 14.0. The Balaban J connectivity index is 1.88. The van der Waals surface area contributed by atoms with Gasteiger partial charge in [-0.2, -0.15) is 5.10 Å². The molecule has 168 valence electrons. The molecule has 1 aromatic heterocycles. The molecule has 0 saturated carbocycles. The van der Waals surface area contributed by atoms with Crippen molar-refractivity contribution in [2.24, 2.45) is 5.73 Å². The van der Waals surface area contributed by atoms with Gasteiger partial charge in [0.25, 0.3) is 5.91 Å². The van der Waals surface area contributed by atoms with Crippen LogP contribution in [-0.4, -0.2) is 38.8 Å². The van der Waals surface area contributed by atoms with Crippen LogP contribution in [-0.2, 0) is 17.9 Å². The summed E-state index contributed by atoms with van der Waals surface area (Å²) in [6.45, 7) is 3.07. The number of halogens is 2. The lowest BCUT2D eigenvalue weighted by molar-refractivity contribution is -0.121. The number of carbonyl (C=O) groups is 3. The number of aromatic nitrogens is 2. The zero-order valence-corrected chi connectivity index (χ0v) is 18.1. The fraction of sp³-hybridized carbons (Fsp3) is 0.238. The molecule has 0 fully saturated rings. The molecule has 0 spiro atoms. The molecule has 2 aromatic carbocycles. The topological polar surface area (TPSA) is 131 Å². The predicted molar refractivity (Wildman–Crippen MR) is 117 cm³/mol. The number of nitrogens with one attached hydrogen (secondary N) is 1. The molecule has 3 rings (SSSR count). The second-order valence-corrected chi connectivity index (χ2v) is 7.72. The molecule has 3 aromatic rings. The Morgan fingerprint density at radius 3 is 2.62 bits per heavy atom. The standard InChI is InChI=1S/C21H21ClFN5O4/c1-11(2)28(21(31)32)13-6-7-16-14(8-13)19(20(24)30)26-27(16)10-17(29)25-9-12-4-3-5-15(22)18(12)23/h3-8,11H,9-10H2,1-2H3,(H2,24,30)(H,25,29)(H,31,32). The molecule has 0 aliphatic rings. The summed E-state index contributed by atoms with van der Waals surface area (Å²) in [5.74, 6) is -1.92. The van der Waals surface area contributed by atoms with Crippen LogP contribution in [0.4, 0.5) is 14.9 Å². The highest BCUT2D eigenvalue weighted by Gasteiger charge is 2.22. The van der Waals surface area contributed by atoms with Crippen LogP contribution >= 0.6 is 11.6 Å². The van der Waals surface area contributed by atoms with Crippen LogP contribution in [0, 0.1) is 5.82 Å².